The van der Waals surface area contributed by atoms with Crippen LogP contribution >= 0.6 is 0 Å². The molecular formula is C16H21F3N2O. The van der Waals surface area contributed by atoms with Crippen molar-refractivity contribution in [2.45, 2.75) is 45.8 Å². The summed E-state index contributed by atoms with van der Waals surface area (Å²) in [5.41, 5.74) is 3.15. The molecule has 1 aromatic rings. The minimum absolute atomic E-state index is 0.0459. The third kappa shape index (κ3) is 3.43. The maximum Gasteiger partial charge on any atom is 0.406 e. The first-order valence-electron chi connectivity index (χ1n) is 7.36. The Bertz CT molecular complexity index is 555. The van der Waals surface area contributed by atoms with E-state index in [9.17, 15) is 18.0 Å². The Hall–Kier alpha value is -1.56. The van der Waals surface area contributed by atoms with Gasteiger partial charge in [-0.2, -0.15) is 13.2 Å². The summed E-state index contributed by atoms with van der Waals surface area (Å²) in [6.45, 7) is 5.26. The van der Waals surface area contributed by atoms with Crippen LogP contribution in [0.25, 0.3) is 0 Å². The fourth-order valence-corrected chi connectivity index (χ4v) is 2.72. The van der Waals surface area contributed by atoms with Gasteiger partial charge in [0.1, 0.15) is 6.04 Å². The third-order valence-corrected chi connectivity index (χ3v) is 4.09. The van der Waals surface area contributed by atoms with E-state index in [-0.39, 0.29) is 18.9 Å². The van der Waals surface area contributed by atoms with Crippen molar-refractivity contribution in [3.8, 4) is 0 Å². The average Bonchev–Trinajstić information content (AvgIpc) is 2.68. The lowest BCUT2D eigenvalue weighted by molar-refractivity contribution is -0.188. The number of carbonyl (C=O) groups excluding carboxylic acids is 1. The van der Waals surface area contributed by atoms with Crippen molar-refractivity contribution in [1.29, 1.82) is 0 Å². The van der Waals surface area contributed by atoms with E-state index < -0.39 is 17.6 Å². The van der Waals surface area contributed by atoms with Crippen molar-refractivity contribution in [1.82, 2.24) is 10.4 Å². The number of carbonyl (C=O) groups is 1. The SMILES string of the molecule is CCc1ccccc1CC(N1CC(C)(C)C(=O)N1)C(F)(F)F. The number of hydrogen-bond donors (Lipinski definition) is 1. The van der Waals surface area contributed by atoms with E-state index >= 15 is 0 Å². The van der Waals surface area contributed by atoms with E-state index in [1.54, 1.807) is 26.0 Å². The molecule has 1 heterocycles. The summed E-state index contributed by atoms with van der Waals surface area (Å²) in [7, 11) is 0. The van der Waals surface area contributed by atoms with Gasteiger partial charge in [-0.25, -0.2) is 5.01 Å². The van der Waals surface area contributed by atoms with Gasteiger partial charge in [0.05, 0.1) is 5.41 Å². The van der Waals surface area contributed by atoms with Crippen LogP contribution in [0.4, 0.5) is 13.2 Å². The number of nitrogens with zero attached hydrogens (tertiary/aromatic N) is 1. The van der Waals surface area contributed by atoms with E-state index in [0.29, 0.717) is 12.0 Å². The van der Waals surface area contributed by atoms with Gasteiger partial charge < -0.3 is 0 Å². The van der Waals surface area contributed by atoms with Crippen LogP contribution in [-0.4, -0.2) is 29.7 Å². The smallest absolute Gasteiger partial charge is 0.288 e. The van der Waals surface area contributed by atoms with Gasteiger partial charge in [-0.05, 0) is 37.8 Å². The van der Waals surface area contributed by atoms with Gasteiger partial charge in [0.15, 0.2) is 0 Å². The third-order valence-electron chi connectivity index (χ3n) is 4.09. The minimum Gasteiger partial charge on any atom is -0.288 e. The molecule has 1 unspecified atom stereocenters. The molecule has 1 N–H and O–H groups in total. The molecule has 1 aliphatic rings. The molecule has 0 aliphatic carbocycles. The topological polar surface area (TPSA) is 32.3 Å². The summed E-state index contributed by atoms with van der Waals surface area (Å²) in [6, 6.07) is 5.42. The molecule has 1 amide bonds. The quantitative estimate of drug-likeness (QED) is 0.926. The zero-order chi connectivity index (χ0) is 16.5. The molecule has 22 heavy (non-hydrogen) atoms. The molecule has 0 saturated carbocycles. The molecule has 1 aromatic carbocycles. The largest absolute Gasteiger partial charge is 0.406 e. The molecule has 1 fully saturated rings. The van der Waals surface area contributed by atoms with E-state index in [0.717, 1.165) is 10.6 Å². The van der Waals surface area contributed by atoms with Gasteiger partial charge in [-0.1, -0.05) is 31.2 Å². The zero-order valence-corrected chi connectivity index (χ0v) is 13.0. The fourth-order valence-electron chi connectivity index (χ4n) is 2.72. The number of rotatable bonds is 4. The highest BCUT2D eigenvalue weighted by atomic mass is 19.4. The van der Waals surface area contributed by atoms with Crippen LogP contribution in [0.15, 0.2) is 24.3 Å². The highest BCUT2D eigenvalue weighted by Gasteiger charge is 2.50. The molecule has 0 radical (unpaired) electrons. The monoisotopic (exact) mass is 314 g/mol. The Balaban J connectivity index is 2.27. The minimum atomic E-state index is -4.41. The second-order valence-corrected chi connectivity index (χ2v) is 6.34. The molecule has 0 bridgehead atoms. The Morgan fingerprint density at radius 1 is 1.27 bits per heavy atom. The average molecular weight is 314 g/mol. The van der Waals surface area contributed by atoms with Gasteiger partial charge in [0, 0.05) is 6.54 Å². The fraction of sp³-hybridized carbons (Fsp3) is 0.562. The number of benzene rings is 1. The number of halogens is 3. The maximum absolute atomic E-state index is 13.5. The lowest BCUT2D eigenvalue weighted by atomic mass is 9.93. The first kappa shape index (κ1) is 16.8. The predicted octanol–water partition coefficient (Wildman–Crippen LogP) is 3.10. The Morgan fingerprint density at radius 3 is 2.32 bits per heavy atom. The summed E-state index contributed by atoms with van der Waals surface area (Å²) in [5.74, 6) is -0.370. The molecule has 122 valence electrons. The Kier molecular flexibility index (Phi) is 4.52. The van der Waals surface area contributed by atoms with Gasteiger partial charge in [-0.15, -0.1) is 0 Å². The second-order valence-electron chi connectivity index (χ2n) is 6.34. The second kappa shape index (κ2) is 5.91. The molecule has 0 spiro atoms. The number of aryl methyl sites for hydroxylation is 1. The number of amides is 1. The van der Waals surface area contributed by atoms with Gasteiger partial charge in [0.2, 0.25) is 5.91 Å². The standard InChI is InChI=1S/C16H21F3N2O/c1-4-11-7-5-6-8-12(11)9-13(16(17,18)19)21-10-15(2,3)14(22)20-21/h5-8,13H,4,9-10H2,1-3H3,(H,20,22). The maximum atomic E-state index is 13.5. The lowest BCUT2D eigenvalue weighted by Crippen LogP contribution is -2.51. The van der Waals surface area contributed by atoms with Gasteiger partial charge in [0.25, 0.3) is 0 Å². The molecule has 0 aromatic heterocycles. The summed E-state index contributed by atoms with van der Waals surface area (Å²) >= 11 is 0. The molecule has 1 saturated heterocycles. The molecule has 1 aliphatic heterocycles. The van der Waals surface area contributed by atoms with Crippen molar-refractivity contribution in [3.63, 3.8) is 0 Å². The zero-order valence-electron chi connectivity index (χ0n) is 13.0. The molecule has 3 nitrogen and oxygen atoms in total. The molecule has 1 atom stereocenters. The van der Waals surface area contributed by atoms with Crippen LogP contribution in [0.1, 0.15) is 31.9 Å². The number of alkyl halides is 3. The number of hydrazine groups is 1. The van der Waals surface area contributed by atoms with Crippen LogP contribution in [0.5, 0.6) is 0 Å². The van der Waals surface area contributed by atoms with Crippen molar-refractivity contribution < 1.29 is 18.0 Å². The van der Waals surface area contributed by atoms with E-state index in [2.05, 4.69) is 5.43 Å². The van der Waals surface area contributed by atoms with Crippen LogP contribution in [0.2, 0.25) is 0 Å². The highest BCUT2D eigenvalue weighted by molar-refractivity contribution is 5.83. The Morgan fingerprint density at radius 2 is 1.86 bits per heavy atom. The van der Waals surface area contributed by atoms with E-state index in [4.69, 9.17) is 0 Å². The normalized spacial score (nSPS) is 20.0. The summed E-state index contributed by atoms with van der Waals surface area (Å²) in [4.78, 5) is 11.8. The summed E-state index contributed by atoms with van der Waals surface area (Å²) < 4.78 is 40.4. The molecular weight excluding hydrogens is 293 g/mol. The van der Waals surface area contributed by atoms with Crippen molar-refractivity contribution in [2.75, 3.05) is 6.54 Å². The predicted molar refractivity (Wildman–Crippen MR) is 78.0 cm³/mol. The van der Waals surface area contributed by atoms with Crippen LogP contribution in [0.3, 0.4) is 0 Å². The van der Waals surface area contributed by atoms with Crippen molar-refractivity contribution in [3.05, 3.63) is 35.4 Å². The van der Waals surface area contributed by atoms with E-state index in [1.807, 2.05) is 19.1 Å². The first-order chi connectivity index (χ1) is 10.1. The first-order valence-corrected chi connectivity index (χ1v) is 7.36. The van der Waals surface area contributed by atoms with E-state index in [1.165, 1.54) is 0 Å². The van der Waals surface area contributed by atoms with Gasteiger partial charge in [-0.3, -0.25) is 10.2 Å². The van der Waals surface area contributed by atoms with Crippen LogP contribution in [0, 0.1) is 5.41 Å². The van der Waals surface area contributed by atoms with Gasteiger partial charge >= 0.3 is 6.18 Å². The molecule has 6 heteroatoms. The Labute approximate surface area is 128 Å². The van der Waals surface area contributed by atoms with Crippen LogP contribution < -0.4 is 5.43 Å². The number of hydrogen-bond acceptors (Lipinski definition) is 2. The molecule has 2 rings (SSSR count). The highest BCUT2D eigenvalue weighted by Crippen LogP contribution is 2.33. The lowest BCUT2D eigenvalue weighted by Gasteiger charge is -2.30. The summed E-state index contributed by atoms with van der Waals surface area (Å²) in [6.07, 6.45) is -3.89. The van der Waals surface area contributed by atoms with Crippen molar-refractivity contribution >= 4 is 5.91 Å². The van der Waals surface area contributed by atoms with Crippen LogP contribution in [-0.2, 0) is 17.6 Å². The summed E-state index contributed by atoms with van der Waals surface area (Å²) in [5, 5.41) is 1.04. The number of nitrogens with one attached hydrogen (secondary N) is 1. The van der Waals surface area contributed by atoms with Crippen molar-refractivity contribution in [2.24, 2.45) is 5.41 Å².